The van der Waals surface area contributed by atoms with E-state index < -0.39 is 10.5 Å². The number of nitrogens with zero attached hydrogens (tertiary/aromatic N) is 4. The molecule has 0 spiro atoms. The summed E-state index contributed by atoms with van der Waals surface area (Å²) in [6, 6.07) is 4.23. The number of nitro benzene ring substituents is 1. The molecule has 0 aliphatic heterocycles. The van der Waals surface area contributed by atoms with E-state index in [4.69, 9.17) is 23.2 Å². The molecule has 0 atom stereocenters. The highest BCUT2D eigenvalue weighted by atomic mass is 35.5. The van der Waals surface area contributed by atoms with E-state index in [1.807, 2.05) is 0 Å². The number of aromatic nitrogens is 2. The van der Waals surface area contributed by atoms with Gasteiger partial charge in [-0.1, -0.05) is 29.3 Å². The first-order valence-electron chi connectivity index (χ1n) is 5.85. The molecule has 0 bridgehead atoms. The van der Waals surface area contributed by atoms with Crippen LogP contribution in [-0.4, -0.2) is 20.9 Å². The van der Waals surface area contributed by atoms with E-state index in [1.165, 1.54) is 31.6 Å². The minimum atomic E-state index is -0.588. The molecule has 0 unspecified atom stereocenters. The Balaban J connectivity index is 2.20. The summed E-state index contributed by atoms with van der Waals surface area (Å²) in [6.07, 6.45) is 2.67. The summed E-state index contributed by atoms with van der Waals surface area (Å²) in [7, 11) is 1.47. The van der Waals surface area contributed by atoms with Crippen LogP contribution in [0.25, 0.3) is 0 Å². The number of hydrogen-bond acceptors (Lipinski definition) is 6. The first kappa shape index (κ1) is 15.9. The third-order valence-electron chi connectivity index (χ3n) is 2.64. The van der Waals surface area contributed by atoms with Crippen LogP contribution in [0, 0.1) is 10.1 Å². The zero-order valence-electron chi connectivity index (χ0n) is 11.2. The number of nitro groups is 1. The lowest BCUT2D eigenvalue weighted by Crippen LogP contribution is -2.20. The van der Waals surface area contributed by atoms with Gasteiger partial charge in [0.1, 0.15) is 15.7 Å². The molecule has 1 heterocycles. The summed E-state index contributed by atoms with van der Waals surface area (Å²) < 4.78 is 1.08. The Hall–Kier alpha value is -2.45. The maximum Gasteiger partial charge on any atom is 0.288 e. The van der Waals surface area contributed by atoms with Gasteiger partial charge in [-0.3, -0.25) is 20.3 Å². The number of hydrazone groups is 1. The Bertz CT molecular complexity index is 819. The lowest BCUT2D eigenvalue weighted by atomic mass is 10.2. The summed E-state index contributed by atoms with van der Waals surface area (Å²) in [5, 5.41) is 18.4. The molecule has 8 nitrogen and oxygen atoms in total. The van der Waals surface area contributed by atoms with Crippen molar-refractivity contribution in [1.82, 2.24) is 9.78 Å². The Labute approximate surface area is 134 Å². The number of benzene rings is 1. The predicted octanol–water partition coefficient (Wildman–Crippen LogP) is 2.44. The summed E-state index contributed by atoms with van der Waals surface area (Å²) in [4.78, 5) is 21.8. The zero-order valence-corrected chi connectivity index (χ0v) is 12.7. The lowest BCUT2D eigenvalue weighted by molar-refractivity contribution is -0.384. The molecule has 2 rings (SSSR count). The highest BCUT2D eigenvalue weighted by molar-refractivity contribution is 6.33. The minimum absolute atomic E-state index is 0.0360. The first-order chi connectivity index (χ1) is 10.4. The van der Waals surface area contributed by atoms with E-state index in [1.54, 1.807) is 6.07 Å². The second kappa shape index (κ2) is 6.54. The number of hydrogen-bond donors (Lipinski definition) is 1. The van der Waals surface area contributed by atoms with Crippen LogP contribution in [0.4, 0.5) is 11.4 Å². The normalized spacial score (nSPS) is 10.9. The van der Waals surface area contributed by atoms with E-state index in [-0.39, 0.29) is 21.4 Å². The highest BCUT2D eigenvalue weighted by Crippen LogP contribution is 2.24. The molecule has 0 radical (unpaired) electrons. The van der Waals surface area contributed by atoms with Crippen LogP contribution in [0.2, 0.25) is 10.0 Å². The molecule has 0 saturated heterocycles. The SMILES string of the molecule is Cn1ncc(N/N=C\c2ccc(Cl)c([N+](=O)[O-])c2)c(Cl)c1=O. The van der Waals surface area contributed by atoms with Crippen molar-refractivity contribution in [2.75, 3.05) is 5.43 Å². The van der Waals surface area contributed by atoms with Crippen molar-refractivity contribution in [3.63, 3.8) is 0 Å². The molecule has 0 saturated carbocycles. The predicted molar refractivity (Wildman–Crippen MR) is 83.8 cm³/mol. The lowest BCUT2D eigenvalue weighted by Gasteiger charge is -2.03. The van der Waals surface area contributed by atoms with Gasteiger partial charge in [0.25, 0.3) is 11.2 Å². The molecule has 2 aromatic rings. The number of nitrogens with one attached hydrogen (secondary N) is 1. The van der Waals surface area contributed by atoms with Crippen molar-refractivity contribution in [3.05, 3.63) is 60.5 Å². The fourth-order valence-electron chi connectivity index (χ4n) is 1.51. The highest BCUT2D eigenvalue weighted by Gasteiger charge is 2.12. The fraction of sp³-hybridized carbons (Fsp3) is 0.0833. The van der Waals surface area contributed by atoms with Crippen molar-refractivity contribution in [3.8, 4) is 0 Å². The Morgan fingerprint density at radius 1 is 1.45 bits per heavy atom. The molecule has 10 heteroatoms. The molecular weight excluding hydrogens is 333 g/mol. The van der Waals surface area contributed by atoms with Gasteiger partial charge in [0.05, 0.1) is 17.3 Å². The number of anilines is 1. The van der Waals surface area contributed by atoms with Crippen LogP contribution in [0.15, 0.2) is 34.3 Å². The monoisotopic (exact) mass is 341 g/mol. The van der Waals surface area contributed by atoms with Gasteiger partial charge < -0.3 is 0 Å². The van der Waals surface area contributed by atoms with Gasteiger partial charge in [-0.25, -0.2) is 4.68 Å². The van der Waals surface area contributed by atoms with Crippen LogP contribution >= 0.6 is 23.2 Å². The molecule has 1 N–H and O–H groups in total. The standard InChI is InChI=1S/C12H9Cl2N5O3/c1-18-12(20)11(14)9(6-16-18)17-15-5-7-2-3-8(13)10(4-7)19(21)22/h2-6,17H,1H3/b15-5-. The van der Waals surface area contributed by atoms with E-state index in [9.17, 15) is 14.9 Å². The summed E-state index contributed by atoms with van der Waals surface area (Å²) in [5.74, 6) is 0. The fourth-order valence-corrected chi connectivity index (χ4v) is 1.91. The van der Waals surface area contributed by atoms with Crippen LogP contribution in [0.1, 0.15) is 5.56 Å². The maximum absolute atomic E-state index is 11.6. The second-order valence-electron chi connectivity index (χ2n) is 4.14. The van der Waals surface area contributed by atoms with Crippen LogP contribution in [0.3, 0.4) is 0 Å². The zero-order chi connectivity index (χ0) is 16.3. The Morgan fingerprint density at radius 2 is 2.18 bits per heavy atom. The molecule has 1 aromatic heterocycles. The maximum atomic E-state index is 11.6. The molecule has 0 aliphatic carbocycles. The van der Waals surface area contributed by atoms with E-state index in [2.05, 4.69) is 15.6 Å². The van der Waals surface area contributed by atoms with Gasteiger partial charge in [-0.2, -0.15) is 10.2 Å². The van der Waals surface area contributed by atoms with Crippen LogP contribution in [0.5, 0.6) is 0 Å². The molecule has 0 aliphatic rings. The average Bonchev–Trinajstić information content (AvgIpc) is 2.48. The second-order valence-corrected chi connectivity index (χ2v) is 4.92. The van der Waals surface area contributed by atoms with E-state index in [0.717, 1.165) is 4.68 Å². The molecule has 0 fully saturated rings. The van der Waals surface area contributed by atoms with Crippen molar-refractivity contribution in [2.45, 2.75) is 0 Å². The van der Waals surface area contributed by atoms with E-state index in [0.29, 0.717) is 5.56 Å². The van der Waals surface area contributed by atoms with Crippen molar-refractivity contribution < 1.29 is 4.92 Å². The van der Waals surface area contributed by atoms with Gasteiger partial charge in [0.2, 0.25) is 0 Å². The quantitative estimate of drug-likeness (QED) is 0.522. The van der Waals surface area contributed by atoms with Crippen molar-refractivity contribution >= 4 is 40.8 Å². The van der Waals surface area contributed by atoms with Gasteiger partial charge in [0.15, 0.2) is 0 Å². The smallest absolute Gasteiger partial charge is 0.275 e. The summed E-state index contributed by atoms with van der Waals surface area (Å²) >= 11 is 11.6. The van der Waals surface area contributed by atoms with Gasteiger partial charge in [-0.15, -0.1) is 0 Å². The molecule has 114 valence electrons. The van der Waals surface area contributed by atoms with Gasteiger partial charge >= 0.3 is 0 Å². The van der Waals surface area contributed by atoms with E-state index >= 15 is 0 Å². The Kier molecular flexibility index (Phi) is 4.74. The molecule has 1 aromatic carbocycles. The number of aryl methyl sites for hydroxylation is 1. The Morgan fingerprint density at radius 3 is 2.86 bits per heavy atom. The summed E-state index contributed by atoms with van der Waals surface area (Å²) in [6.45, 7) is 0. The van der Waals surface area contributed by atoms with Gasteiger partial charge in [-0.05, 0) is 6.07 Å². The first-order valence-corrected chi connectivity index (χ1v) is 6.60. The van der Waals surface area contributed by atoms with Crippen molar-refractivity contribution in [2.24, 2.45) is 12.1 Å². The summed E-state index contributed by atoms with van der Waals surface area (Å²) in [5.41, 5.74) is 2.54. The molecule has 22 heavy (non-hydrogen) atoms. The molecular formula is C12H9Cl2N5O3. The number of halogens is 2. The third-order valence-corrected chi connectivity index (χ3v) is 3.33. The third kappa shape index (κ3) is 3.41. The van der Waals surface area contributed by atoms with Crippen LogP contribution in [-0.2, 0) is 7.05 Å². The topological polar surface area (TPSA) is 102 Å². The van der Waals surface area contributed by atoms with Crippen molar-refractivity contribution in [1.29, 1.82) is 0 Å². The van der Waals surface area contributed by atoms with Gasteiger partial charge in [0, 0.05) is 18.7 Å². The minimum Gasteiger partial charge on any atom is -0.275 e. The average molecular weight is 342 g/mol. The molecule has 0 amide bonds. The number of rotatable bonds is 4. The largest absolute Gasteiger partial charge is 0.288 e. The van der Waals surface area contributed by atoms with Crippen LogP contribution < -0.4 is 11.0 Å².